The van der Waals surface area contributed by atoms with Gasteiger partial charge in [0.15, 0.2) is 12.4 Å². The molecule has 27 heavy (non-hydrogen) atoms. The zero-order chi connectivity index (χ0) is 19.6. The van der Waals surface area contributed by atoms with E-state index >= 15 is 0 Å². The first-order valence-corrected chi connectivity index (χ1v) is 10.5. The van der Waals surface area contributed by atoms with E-state index in [9.17, 15) is 18.0 Å². The van der Waals surface area contributed by atoms with E-state index in [1.807, 2.05) is 19.1 Å². The van der Waals surface area contributed by atoms with Gasteiger partial charge in [0.1, 0.15) is 0 Å². The largest absolute Gasteiger partial charge is 0.454 e. The van der Waals surface area contributed by atoms with Gasteiger partial charge in [-0.15, -0.1) is 0 Å². The molecule has 0 bridgehead atoms. The van der Waals surface area contributed by atoms with E-state index in [1.165, 1.54) is 10.4 Å². The predicted molar refractivity (Wildman–Crippen MR) is 103 cm³/mol. The number of nitrogens with zero attached hydrogens (tertiary/aromatic N) is 1. The van der Waals surface area contributed by atoms with Crippen LogP contribution in [0, 0.1) is 0 Å². The highest BCUT2D eigenvalue weighted by Crippen LogP contribution is 2.30. The lowest BCUT2D eigenvalue weighted by Crippen LogP contribution is -2.27. The fourth-order valence-corrected chi connectivity index (χ4v) is 4.03. The summed E-state index contributed by atoms with van der Waals surface area (Å²) in [6.07, 6.45) is 2.58. The third-order valence-electron chi connectivity index (χ3n) is 4.59. The van der Waals surface area contributed by atoms with Crippen LogP contribution in [0.2, 0.25) is 0 Å². The fraction of sp³-hybridized carbons (Fsp3) is 0.300. The molecule has 0 unspecified atom stereocenters. The molecule has 7 heteroatoms. The summed E-state index contributed by atoms with van der Waals surface area (Å²) in [6.45, 7) is 2.06. The number of rotatable bonds is 6. The smallest absolute Gasteiger partial charge is 0.338 e. The molecule has 3 rings (SSSR count). The summed E-state index contributed by atoms with van der Waals surface area (Å²) in [4.78, 5) is 24.4. The lowest BCUT2D eigenvalue weighted by atomic mass is 10.1. The van der Waals surface area contributed by atoms with Gasteiger partial charge in [-0.1, -0.05) is 31.2 Å². The molecule has 0 N–H and O–H groups in total. The molecule has 1 aliphatic heterocycles. The highest BCUT2D eigenvalue weighted by atomic mass is 32.2. The molecule has 2 aromatic carbocycles. The predicted octanol–water partition coefficient (Wildman–Crippen LogP) is 2.61. The fourth-order valence-electron chi connectivity index (χ4n) is 3.07. The Balaban J connectivity index is 1.66. The Hall–Kier alpha value is -2.67. The van der Waals surface area contributed by atoms with Crippen molar-refractivity contribution in [3.05, 3.63) is 64.7 Å². The zero-order valence-corrected chi connectivity index (χ0v) is 16.1. The van der Waals surface area contributed by atoms with Crippen LogP contribution in [0.5, 0.6) is 0 Å². The van der Waals surface area contributed by atoms with Gasteiger partial charge in [-0.2, -0.15) is 0 Å². The van der Waals surface area contributed by atoms with Crippen LogP contribution in [-0.2, 0) is 27.6 Å². The Morgan fingerprint density at radius 3 is 2.37 bits per heavy atom. The third-order valence-corrected chi connectivity index (χ3v) is 5.77. The van der Waals surface area contributed by atoms with E-state index in [0.29, 0.717) is 29.8 Å². The third kappa shape index (κ3) is 4.19. The molecule has 1 aliphatic rings. The number of ether oxygens (including phenoxy) is 1. The van der Waals surface area contributed by atoms with Crippen molar-refractivity contribution < 1.29 is 22.7 Å². The average molecular weight is 387 g/mol. The zero-order valence-electron chi connectivity index (χ0n) is 15.3. The number of Topliss-reactive ketones (excluding diaryl/α,β-unsaturated/α-hetero) is 1. The van der Waals surface area contributed by atoms with Crippen molar-refractivity contribution in [3.63, 3.8) is 0 Å². The maximum Gasteiger partial charge on any atom is 0.338 e. The molecule has 0 aliphatic carbocycles. The van der Waals surface area contributed by atoms with Crippen LogP contribution in [0.15, 0.2) is 42.5 Å². The summed E-state index contributed by atoms with van der Waals surface area (Å²) >= 11 is 0. The van der Waals surface area contributed by atoms with Crippen LogP contribution >= 0.6 is 0 Å². The lowest BCUT2D eigenvalue weighted by Gasteiger charge is -2.16. The number of benzene rings is 2. The minimum absolute atomic E-state index is 0.268. The molecule has 0 fully saturated rings. The molecular weight excluding hydrogens is 366 g/mol. The number of esters is 1. The first-order valence-electron chi connectivity index (χ1n) is 8.69. The van der Waals surface area contributed by atoms with E-state index in [0.717, 1.165) is 23.8 Å². The van der Waals surface area contributed by atoms with Gasteiger partial charge in [0.2, 0.25) is 10.0 Å². The Labute approximate surface area is 158 Å². The Morgan fingerprint density at radius 2 is 1.74 bits per heavy atom. The Kier molecular flexibility index (Phi) is 5.32. The molecular formula is C20H21NO5S. The number of aryl methyl sites for hydroxylation is 1. The number of fused-ring (bicyclic) bond motifs is 1. The second-order valence-electron chi connectivity index (χ2n) is 6.48. The minimum Gasteiger partial charge on any atom is -0.454 e. The van der Waals surface area contributed by atoms with Crippen molar-refractivity contribution in [2.75, 3.05) is 23.7 Å². The van der Waals surface area contributed by atoms with Crippen LogP contribution in [0.25, 0.3) is 0 Å². The van der Waals surface area contributed by atoms with Gasteiger partial charge < -0.3 is 4.74 Å². The molecule has 0 atom stereocenters. The second-order valence-corrected chi connectivity index (χ2v) is 8.39. The van der Waals surface area contributed by atoms with Crippen molar-refractivity contribution in [3.8, 4) is 0 Å². The van der Waals surface area contributed by atoms with Crippen LogP contribution in [0.1, 0.15) is 38.8 Å². The molecule has 1 heterocycles. The van der Waals surface area contributed by atoms with Gasteiger partial charge >= 0.3 is 5.97 Å². The number of sulfonamides is 1. The van der Waals surface area contributed by atoms with Gasteiger partial charge in [-0.05, 0) is 42.2 Å². The van der Waals surface area contributed by atoms with Gasteiger partial charge in [-0.25, -0.2) is 13.2 Å². The number of carbonyl (C=O) groups excluding carboxylic acids is 2. The molecule has 142 valence electrons. The maximum absolute atomic E-state index is 12.3. The topological polar surface area (TPSA) is 80.8 Å². The normalized spacial score (nSPS) is 13.3. The van der Waals surface area contributed by atoms with Crippen LogP contribution in [-0.4, -0.2) is 39.6 Å². The van der Waals surface area contributed by atoms with E-state index in [-0.39, 0.29) is 12.4 Å². The van der Waals surface area contributed by atoms with E-state index in [4.69, 9.17) is 4.74 Å². The van der Waals surface area contributed by atoms with Crippen molar-refractivity contribution >= 4 is 27.5 Å². The van der Waals surface area contributed by atoms with Crippen LogP contribution < -0.4 is 4.31 Å². The number of anilines is 1. The highest BCUT2D eigenvalue weighted by Gasteiger charge is 2.27. The molecule has 0 saturated heterocycles. The van der Waals surface area contributed by atoms with Crippen molar-refractivity contribution in [2.24, 2.45) is 0 Å². The number of hydrogen-bond donors (Lipinski definition) is 0. The number of carbonyl (C=O) groups is 2. The maximum atomic E-state index is 12.3. The summed E-state index contributed by atoms with van der Waals surface area (Å²) in [6, 6.07) is 12.0. The Bertz CT molecular complexity index is 980. The standard InChI is InChI=1S/C20H21NO5S/c1-3-14-4-6-15(7-5-14)19(22)13-26-20(23)17-8-9-18-16(12-17)10-11-21(18)27(2,24)25/h4-9,12H,3,10-11,13H2,1-2H3. The van der Waals surface area contributed by atoms with Crippen molar-refractivity contribution in [1.29, 1.82) is 0 Å². The van der Waals surface area contributed by atoms with Gasteiger partial charge in [0.05, 0.1) is 17.5 Å². The van der Waals surface area contributed by atoms with Crippen LogP contribution in [0.3, 0.4) is 0 Å². The average Bonchev–Trinajstić information content (AvgIpc) is 3.09. The first kappa shape index (κ1) is 19.1. The molecule has 0 saturated carbocycles. The van der Waals surface area contributed by atoms with Gasteiger partial charge in [-0.3, -0.25) is 9.10 Å². The summed E-state index contributed by atoms with van der Waals surface area (Å²) in [5.74, 6) is -0.871. The molecule has 2 aromatic rings. The van der Waals surface area contributed by atoms with E-state index < -0.39 is 16.0 Å². The van der Waals surface area contributed by atoms with Gasteiger partial charge in [0, 0.05) is 12.1 Å². The molecule has 0 radical (unpaired) electrons. The molecule has 6 nitrogen and oxygen atoms in total. The SMILES string of the molecule is CCc1ccc(C(=O)COC(=O)c2ccc3c(c2)CCN3S(C)(=O)=O)cc1. The number of ketones is 1. The lowest BCUT2D eigenvalue weighted by molar-refractivity contribution is 0.0474. The molecule has 0 spiro atoms. The van der Waals surface area contributed by atoms with Crippen molar-refractivity contribution in [2.45, 2.75) is 19.8 Å². The summed E-state index contributed by atoms with van der Waals surface area (Å²) in [5, 5.41) is 0. The molecule has 0 aromatic heterocycles. The first-order chi connectivity index (χ1) is 12.8. The van der Waals surface area contributed by atoms with Crippen molar-refractivity contribution in [1.82, 2.24) is 0 Å². The Morgan fingerprint density at radius 1 is 1.07 bits per heavy atom. The van der Waals surface area contributed by atoms with Crippen LogP contribution in [0.4, 0.5) is 5.69 Å². The van der Waals surface area contributed by atoms with E-state index in [2.05, 4.69) is 0 Å². The monoisotopic (exact) mass is 387 g/mol. The second kappa shape index (κ2) is 7.52. The highest BCUT2D eigenvalue weighted by molar-refractivity contribution is 7.92. The summed E-state index contributed by atoms with van der Waals surface area (Å²) < 4.78 is 30.0. The number of hydrogen-bond acceptors (Lipinski definition) is 5. The molecule has 0 amide bonds. The minimum atomic E-state index is -3.33. The quantitative estimate of drug-likeness (QED) is 0.562. The summed E-state index contributed by atoms with van der Waals surface area (Å²) in [5.41, 5.74) is 3.29. The van der Waals surface area contributed by atoms with E-state index in [1.54, 1.807) is 24.3 Å². The van der Waals surface area contributed by atoms with Gasteiger partial charge in [0.25, 0.3) is 0 Å². The summed E-state index contributed by atoms with van der Waals surface area (Å²) in [7, 11) is -3.33.